The van der Waals surface area contributed by atoms with Crippen LogP contribution in [0, 0.1) is 13.8 Å². The van der Waals surface area contributed by atoms with E-state index < -0.39 is 17.7 Å². The number of aromatic nitrogens is 2. The van der Waals surface area contributed by atoms with Crippen LogP contribution in [0.2, 0.25) is 0 Å². The Morgan fingerprint density at radius 3 is 2.22 bits per heavy atom. The molecule has 7 nitrogen and oxygen atoms in total. The van der Waals surface area contributed by atoms with Crippen molar-refractivity contribution >= 4 is 5.97 Å². The second-order valence-corrected chi connectivity index (χ2v) is 7.69. The molecule has 1 aromatic heterocycles. The lowest BCUT2D eigenvalue weighted by atomic mass is 9.89. The molecule has 2 unspecified atom stereocenters. The van der Waals surface area contributed by atoms with Gasteiger partial charge in [-0.25, -0.2) is 14.8 Å². The zero-order valence-corrected chi connectivity index (χ0v) is 18.7. The fourth-order valence-electron chi connectivity index (χ4n) is 3.50. The average molecular weight is 437 g/mol. The van der Waals surface area contributed by atoms with Gasteiger partial charge in [0.05, 0.1) is 13.7 Å². The van der Waals surface area contributed by atoms with Gasteiger partial charge in [-0.1, -0.05) is 42.5 Å². The third-order valence-corrected chi connectivity index (χ3v) is 5.21. The zero-order valence-electron chi connectivity index (χ0n) is 18.7. The Kier molecular flexibility index (Phi) is 7.43. The second-order valence-electron chi connectivity index (χ2n) is 7.69. The number of carbonyl (C=O) groups is 1. The van der Waals surface area contributed by atoms with Gasteiger partial charge in [0.2, 0.25) is 6.10 Å². The first-order chi connectivity index (χ1) is 15.3. The van der Waals surface area contributed by atoms with Crippen LogP contribution in [0.25, 0.3) is 0 Å². The Bertz CT molecular complexity index is 1020. The van der Waals surface area contributed by atoms with Gasteiger partial charge < -0.3 is 19.3 Å². The summed E-state index contributed by atoms with van der Waals surface area (Å²) < 4.78 is 17.3. The van der Waals surface area contributed by atoms with E-state index in [1.54, 1.807) is 33.9 Å². The summed E-state index contributed by atoms with van der Waals surface area (Å²) in [6, 6.07) is 18.7. The molecule has 2 atom stereocenters. The van der Waals surface area contributed by atoms with Gasteiger partial charge in [-0.2, -0.15) is 0 Å². The van der Waals surface area contributed by atoms with Crippen molar-refractivity contribution in [3.8, 4) is 11.8 Å². The monoisotopic (exact) mass is 436 g/mol. The Morgan fingerprint density at radius 2 is 1.66 bits per heavy atom. The summed E-state index contributed by atoms with van der Waals surface area (Å²) >= 11 is 0. The molecular weight excluding hydrogens is 408 g/mol. The molecule has 0 bridgehead atoms. The van der Waals surface area contributed by atoms with Crippen LogP contribution in [0.3, 0.4) is 0 Å². The smallest absolute Gasteiger partial charge is 0.348 e. The number of methoxy groups -OCH3 is 1. The molecule has 0 saturated heterocycles. The van der Waals surface area contributed by atoms with Crippen molar-refractivity contribution < 1.29 is 24.1 Å². The van der Waals surface area contributed by atoms with Gasteiger partial charge in [0.25, 0.3) is 0 Å². The second kappa shape index (κ2) is 10.2. The lowest BCUT2D eigenvalue weighted by Crippen LogP contribution is -2.49. The van der Waals surface area contributed by atoms with Crippen molar-refractivity contribution in [3.05, 3.63) is 83.2 Å². The summed E-state index contributed by atoms with van der Waals surface area (Å²) in [5.41, 5.74) is 1.84. The van der Waals surface area contributed by atoms with Crippen LogP contribution in [0.15, 0.2) is 60.7 Å². The van der Waals surface area contributed by atoms with Gasteiger partial charge in [-0.05, 0) is 56.5 Å². The Hall–Kier alpha value is -3.45. The van der Waals surface area contributed by atoms with E-state index in [1.165, 1.54) is 0 Å². The van der Waals surface area contributed by atoms with E-state index in [4.69, 9.17) is 14.2 Å². The van der Waals surface area contributed by atoms with Crippen LogP contribution in [0.5, 0.6) is 11.8 Å². The molecule has 168 valence electrons. The van der Waals surface area contributed by atoms with Crippen LogP contribution >= 0.6 is 0 Å². The molecule has 0 aliphatic rings. The van der Waals surface area contributed by atoms with E-state index >= 15 is 0 Å². The fourth-order valence-corrected chi connectivity index (χ4v) is 3.50. The van der Waals surface area contributed by atoms with Crippen molar-refractivity contribution in [2.24, 2.45) is 0 Å². The maximum absolute atomic E-state index is 12.3. The van der Waals surface area contributed by atoms with E-state index in [-0.39, 0.29) is 6.01 Å². The van der Waals surface area contributed by atoms with Crippen LogP contribution in [0.4, 0.5) is 0 Å². The molecule has 0 saturated carbocycles. The van der Waals surface area contributed by atoms with Crippen molar-refractivity contribution in [1.29, 1.82) is 0 Å². The number of rotatable bonds is 10. The van der Waals surface area contributed by atoms with Crippen LogP contribution in [-0.2, 0) is 21.6 Å². The normalized spacial score (nSPS) is 13.8. The minimum atomic E-state index is -1.36. The van der Waals surface area contributed by atoms with E-state index in [9.17, 15) is 9.90 Å². The number of aliphatic carboxylic acids is 1. The maximum atomic E-state index is 12.3. The SMILES string of the molecule is COc1ccc(CCOC(C)(c2ccccc2)C(Oc2nc(C)cc(C)n2)C(=O)O)cc1. The highest BCUT2D eigenvalue weighted by Gasteiger charge is 2.44. The molecule has 0 fully saturated rings. The highest BCUT2D eigenvalue weighted by molar-refractivity contribution is 5.75. The fraction of sp³-hybridized carbons (Fsp3) is 0.320. The summed E-state index contributed by atoms with van der Waals surface area (Å²) in [5.74, 6) is -0.389. The Balaban J connectivity index is 1.87. The molecule has 1 N–H and O–H groups in total. The summed E-state index contributed by atoms with van der Waals surface area (Å²) in [5, 5.41) is 10.1. The van der Waals surface area contributed by atoms with Crippen LogP contribution in [-0.4, -0.2) is 40.9 Å². The third kappa shape index (κ3) is 5.62. The van der Waals surface area contributed by atoms with Gasteiger partial charge in [0.1, 0.15) is 11.4 Å². The van der Waals surface area contributed by atoms with Gasteiger partial charge in [0.15, 0.2) is 0 Å². The highest BCUT2D eigenvalue weighted by Crippen LogP contribution is 2.32. The van der Waals surface area contributed by atoms with Crippen molar-refractivity contribution in [1.82, 2.24) is 9.97 Å². The van der Waals surface area contributed by atoms with E-state index in [1.807, 2.05) is 54.6 Å². The number of aryl methyl sites for hydroxylation is 2. The minimum Gasteiger partial charge on any atom is -0.497 e. The standard InChI is InChI=1S/C25H28N2O5/c1-17-16-18(2)27-24(26-17)32-22(23(28)29)25(3,20-8-6-5-7-9-20)31-15-14-19-10-12-21(30-4)13-11-19/h5-13,16,22H,14-15H2,1-4H3,(H,28,29). The summed E-state index contributed by atoms with van der Waals surface area (Å²) in [4.78, 5) is 20.8. The minimum absolute atomic E-state index is 0.0100. The molecule has 1 heterocycles. The third-order valence-electron chi connectivity index (χ3n) is 5.21. The molecule has 7 heteroatoms. The highest BCUT2D eigenvalue weighted by atomic mass is 16.6. The zero-order chi connectivity index (χ0) is 23.1. The number of ether oxygens (including phenoxy) is 3. The summed E-state index contributed by atoms with van der Waals surface area (Å²) in [6.45, 7) is 5.62. The average Bonchev–Trinajstić information content (AvgIpc) is 2.77. The van der Waals surface area contributed by atoms with Crippen molar-refractivity contribution in [3.63, 3.8) is 0 Å². The van der Waals surface area contributed by atoms with Gasteiger partial charge >= 0.3 is 12.0 Å². The molecule has 0 aliphatic heterocycles. The van der Waals surface area contributed by atoms with E-state index in [2.05, 4.69) is 9.97 Å². The van der Waals surface area contributed by atoms with Crippen molar-refractivity contribution in [2.75, 3.05) is 13.7 Å². The molecule has 0 radical (unpaired) electrons. The Morgan fingerprint density at radius 1 is 1.03 bits per heavy atom. The molecule has 0 aliphatic carbocycles. The number of carboxylic acid groups (broad SMARTS) is 1. The van der Waals surface area contributed by atoms with Crippen molar-refractivity contribution in [2.45, 2.75) is 38.9 Å². The molecule has 32 heavy (non-hydrogen) atoms. The number of carboxylic acids is 1. The quantitative estimate of drug-likeness (QED) is 0.511. The molecular formula is C25H28N2O5. The maximum Gasteiger partial charge on any atom is 0.348 e. The molecule has 3 aromatic rings. The van der Waals surface area contributed by atoms with Crippen LogP contribution < -0.4 is 9.47 Å². The largest absolute Gasteiger partial charge is 0.497 e. The van der Waals surface area contributed by atoms with Gasteiger partial charge in [-0.15, -0.1) is 0 Å². The van der Waals surface area contributed by atoms with E-state index in [0.717, 1.165) is 11.3 Å². The van der Waals surface area contributed by atoms with Gasteiger partial charge in [-0.3, -0.25) is 0 Å². The lowest BCUT2D eigenvalue weighted by molar-refractivity contribution is -0.168. The molecule has 3 rings (SSSR count). The number of hydrogen-bond acceptors (Lipinski definition) is 6. The molecule has 2 aromatic carbocycles. The van der Waals surface area contributed by atoms with Crippen LogP contribution in [0.1, 0.15) is 29.4 Å². The predicted octanol–water partition coefficient (Wildman–Crippen LogP) is 4.11. The number of hydrogen-bond donors (Lipinski definition) is 1. The van der Waals surface area contributed by atoms with E-state index in [0.29, 0.717) is 30.0 Å². The lowest BCUT2D eigenvalue weighted by Gasteiger charge is -2.35. The number of nitrogens with zero attached hydrogens (tertiary/aromatic N) is 2. The first-order valence-corrected chi connectivity index (χ1v) is 10.4. The molecule has 0 spiro atoms. The first-order valence-electron chi connectivity index (χ1n) is 10.4. The summed E-state index contributed by atoms with van der Waals surface area (Å²) in [7, 11) is 1.62. The summed E-state index contributed by atoms with van der Waals surface area (Å²) in [6.07, 6.45) is -0.763. The topological polar surface area (TPSA) is 90.8 Å². The predicted molar refractivity (Wildman–Crippen MR) is 120 cm³/mol. The van der Waals surface area contributed by atoms with Gasteiger partial charge in [0, 0.05) is 11.4 Å². The Labute approximate surface area is 188 Å². The molecule has 0 amide bonds. The first kappa shape index (κ1) is 23.2. The number of benzene rings is 2.